The van der Waals surface area contributed by atoms with Gasteiger partial charge in [-0.15, -0.1) is 0 Å². The molecule has 1 saturated heterocycles. The van der Waals surface area contributed by atoms with Gasteiger partial charge in [-0.1, -0.05) is 6.07 Å². The van der Waals surface area contributed by atoms with Crippen LogP contribution >= 0.6 is 11.8 Å². The van der Waals surface area contributed by atoms with E-state index in [1.807, 2.05) is 6.92 Å². The topological polar surface area (TPSA) is 134 Å². The molecule has 1 N–H and O–H groups in total. The summed E-state index contributed by atoms with van der Waals surface area (Å²) in [6.07, 6.45) is 1.54. The first-order valence-corrected chi connectivity index (χ1v) is 12.9. The van der Waals surface area contributed by atoms with E-state index in [0.29, 0.717) is 40.9 Å². The van der Waals surface area contributed by atoms with E-state index in [0.717, 1.165) is 16.7 Å². The van der Waals surface area contributed by atoms with E-state index < -0.39 is 29.6 Å². The highest BCUT2D eigenvalue weighted by molar-refractivity contribution is 8.18. The lowest BCUT2D eigenvalue weighted by atomic mass is 10.2. The summed E-state index contributed by atoms with van der Waals surface area (Å²) in [7, 11) is 2.72. The Balaban J connectivity index is 1.38. The first kappa shape index (κ1) is 28.3. The molecule has 0 atom stereocenters. The molecule has 3 aromatic rings. The van der Waals surface area contributed by atoms with Gasteiger partial charge in [0.05, 0.1) is 25.7 Å². The van der Waals surface area contributed by atoms with Crippen LogP contribution in [0.3, 0.4) is 0 Å². The number of carbonyl (C=O) groups is 4. The lowest BCUT2D eigenvalue weighted by Gasteiger charge is -2.13. The van der Waals surface area contributed by atoms with E-state index in [1.54, 1.807) is 48.5 Å². The summed E-state index contributed by atoms with van der Waals surface area (Å²) in [6.45, 7) is 2.00. The lowest BCUT2D eigenvalue weighted by Crippen LogP contribution is -2.36. The van der Waals surface area contributed by atoms with Gasteiger partial charge in [0.25, 0.3) is 11.1 Å². The Labute approximate surface area is 234 Å². The van der Waals surface area contributed by atoms with Gasteiger partial charge in [0.15, 0.2) is 11.5 Å². The molecule has 2 heterocycles. The number of rotatable bonds is 11. The van der Waals surface area contributed by atoms with Gasteiger partial charge in [-0.25, -0.2) is 4.79 Å². The van der Waals surface area contributed by atoms with E-state index in [9.17, 15) is 19.2 Å². The minimum absolute atomic E-state index is 0.0321. The van der Waals surface area contributed by atoms with Crippen molar-refractivity contribution < 1.29 is 42.5 Å². The number of nitrogens with one attached hydrogen (secondary N) is 1. The molecule has 11 nitrogen and oxygen atoms in total. The number of amides is 3. The quantitative estimate of drug-likeness (QED) is 0.256. The van der Waals surface area contributed by atoms with Crippen molar-refractivity contribution in [1.29, 1.82) is 0 Å². The van der Waals surface area contributed by atoms with Crippen LogP contribution < -0.4 is 19.5 Å². The first-order chi connectivity index (χ1) is 19.3. The van der Waals surface area contributed by atoms with E-state index in [4.69, 9.17) is 18.6 Å². The monoisotopic (exact) mass is 566 g/mol. The Kier molecular flexibility index (Phi) is 9.12. The van der Waals surface area contributed by atoms with Crippen LogP contribution in [0, 0.1) is 0 Å². The Morgan fingerprint density at radius 3 is 2.48 bits per heavy atom. The number of furan rings is 1. The molecule has 0 aliphatic carbocycles. The van der Waals surface area contributed by atoms with E-state index in [2.05, 4.69) is 10.1 Å². The number of carbonyl (C=O) groups excluding carboxylic acids is 4. The molecule has 1 aliphatic rings. The summed E-state index contributed by atoms with van der Waals surface area (Å²) in [5, 5.41) is 2.12. The molecular formula is C28H26N2O9S. The molecule has 40 heavy (non-hydrogen) atoms. The van der Waals surface area contributed by atoms with Crippen molar-refractivity contribution in [2.45, 2.75) is 13.5 Å². The van der Waals surface area contributed by atoms with Crippen molar-refractivity contribution in [3.63, 3.8) is 0 Å². The van der Waals surface area contributed by atoms with Crippen LogP contribution in [0.5, 0.6) is 17.2 Å². The van der Waals surface area contributed by atoms with Gasteiger partial charge >= 0.3 is 5.97 Å². The summed E-state index contributed by atoms with van der Waals surface area (Å²) in [6, 6.07) is 14.8. The number of hydrogen-bond acceptors (Lipinski definition) is 10. The molecule has 2 aromatic carbocycles. The predicted molar refractivity (Wildman–Crippen MR) is 146 cm³/mol. The minimum Gasteiger partial charge on any atom is -0.494 e. The number of methoxy groups -OCH3 is 2. The van der Waals surface area contributed by atoms with Crippen LogP contribution in [-0.2, 0) is 20.9 Å². The molecular weight excluding hydrogens is 540 g/mol. The van der Waals surface area contributed by atoms with Crippen molar-refractivity contribution in [3.8, 4) is 17.2 Å². The van der Waals surface area contributed by atoms with Gasteiger partial charge in [0, 0.05) is 5.69 Å². The van der Waals surface area contributed by atoms with Crippen LogP contribution in [0.4, 0.5) is 10.5 Å². The second kappa shape index (κ2) is 12.9. The fourth-order valence-corrected chi connectivity index (χ4v) is 4.48. The maximum absolute atomic E-state index is 12.9. The van der Waals surface area contributed by atoms with Gasteiger partial charge in [0.1, 0.15) is 24.7 Å². The molecule has 12 heteroatoms. The van der Waals surface area contributed by atoms with Crippen molar-refractivity contribution in [3.05, 3.63) is 76.6 Å². The maximum Gasteiger partial charge on any atom is 0.373 e. The number of ether oxygens (including phenoxy) is 4. The molecule has 0 radical (unpaired) electrons. The smallest absolute Gasteiger partial charge is 0.373 e. The van der Waals surface area contributed by atoms with Crippen LogP contribution in [-0.4, -0.2) is 55.3 Å². The highest BCUT2D eigenvalue weighted by Crippen LogP contribution is 2.35. The Morgan fingerprint density at radius 2 is 1.77 bits per heavy atom. The molecule has 1 aliphatic heterocycles. The summed E-state index contributed by atoms with van der Waals surface area (Å²) < 4.78 is 26.5. The Morgan fingerprint density at radius 1 is 1.00 bits per heavy atom. The number of hydrogen-bond donors (Lipinski definition) is 1. The zero-order chi connectivity index (χ0) is 28.6. The number of thioether (sulfide) groups is 1. The Bertz CT molecular complexity index is 1450. The third-order valence-electron chi connectivity index (χ3n) is 5.53. The number of anilines is 1. The average molecular weight is 567 g/mol. The number of benzene rings is 2. The fraction of sp³-hybridized carbons (Fsp3) is 0.214. The molecule has 0 bridgehead atoms. The number of imide groups is 1. The summed E-state index contributed by atoms with van der Waals surface area (Å²) in [5.74, 6) is 0.238. The van der Waals surface area contributed by atoms with Gasteiger partial charge in [-0.3, -0.25) is 19.3 Å². The standard InChI is InChI=1S/C28H26N2O9S/c1-4-37-19-8-6-18(7-9-19)29-25(31)15-30-26(32)24(40-28(30)34)14-17-5-11-21(23(13-17)35-2)38-16-20-10-12-22(39-20)27(33)36-3/h5-14H,4,15-16H2,1-3H3,(H,29,31). The number of nitrogens with zero attached hydrogens (tertiary/aromatic N) is 1. The zero-order valence-corrected chi connectivity index (χ0v) is 22.7. The third kappa shape index (κ3) is 6.83. The van der Waals surface area contributed by atoms with Crippen LogP contribution in [0.2, 0.25) is 0 Å². The minimum atomic E-state index is -0.592. The largest absolute Gasteiger partial charge is 0.494 e. The molecule has 4 rings (SSSR count). The van der Waals surface area contributed by atoms with Gasteiger partial charge in [-0.05, 0) is 78.9 Å². The molecule has 3 amide bonds. The highest BCUT2D eigenvalue weighted by Gasteiger charge is 2.36. The third-order valence-corrected chi connectivity index (χ3v) is 6.44. The summed E-state index contributed by atoms with van der Waals surface area (Å²) >= 11 is 0.744. The van der Waals surface area contributed by atoms with Gasteiger partial charge in [0.2, 0.25) is 11.7 Å². The van der Waals surface area contributed by atoms with Crippen LogP contribution in [0.15, 0.2) is 63.9 Å². The van der Waals surface area contributed by atoms with Crippen LogP contribution in [0.25, 0.3) is 6.08 Å². The molecule has 1 aromatic heterocycles. The van der Waals surface area contributed by atoms with E-state index >= 15 is 0 Å². The number of esters is 1. The maximum atomic E-state index is 12.9. The SMILES string of the molecule is CCOc1ccc(NC(=O)CN2C(=O)SC(=Cc3ccc(OCc4ccc(C(=O)OC)o4)c(OC)c3)C2=O)cc1. The lowest BCUT2D eigenvalue weighted by molar-refractivity contribution is -0.127. The summed E-state index contributed by atoms with van der Waals surface area (Å²) in [4.78, 5) is 50.5. The average Bonchev–Trinajstić information content (AvgIpc) is 3.53. The first-order valence-electron chi connectivity index (χ1n) is 12.1. The molecule has 0 unspecified atom stereocenters. The van der Waals surface area contributed by atoms with E-state index in [1.165, 1.54) is 26.4 Å². The highest BCUT2D eigenvalue weighted by atomic mass is 32.2. The van der Waals surface area contributed by atoms with Crippen molar-refractivity contribution in [1.82, 2.24) is 4.90 Å². The normalized spacial score (nSPS) is 13.9. The predicted octanol–water partition coefficient (Wildman–Crippen LogP) is 4.73. The van der Waals surface area contributed by atoms with Crippen molar-refractivity contribution in [2.24, 2.45) is 0 Å². The van der Waals surface area contributed by atoms with Gasteiger partial charge in [-0.2, -0.15) is 0 Å². The molecule has 1 fully saturated rings. The fourth-order valence-electron chi connectivity index (χ4n) is 3.64. The van der Waals surface area contributed by atoms with Crippen molar-refractivity contribution >= 4 is 46.5 Å². The summed E-state index contributed by atoms with van der Waals surface area (Å²) in [5.41, 5.74) is 1.10. The molecule has 208 valence electrons. The molecule has 0 spiro atoms. The second-order valence-corrected chi connectivity index (χ2v) is 9.22. The van der Waals surface area contributed by atoms with E-state index in [-0.39, 0.29) is 17.3 Å². The Hall–Kier alpha value is -4.71. The van der Waals surface area contributed by atoms with Crippen LogP contribution in [0.1, 0.15) is 28.8 Å². The second-order valence-electron chi connectivity index (χ2n) is 8.23. The zero-order valence-electron chi connectivity index (χ0n) is 21.9. The molecule has 0 saturated carbocycles. The van der Waals surface area contributed by atoms with Crippen molar-refractivity contribution in [2.75, 3.05) is 32.7 Å². The van der Waals surface area contributed by atoms with Gasteiger partial charge < -0.3 is 28.7 Å².